The molecule has 94 valence electrons. The Bertz CT molecular complexity index is 604. The van der Waals surface area contributed by atoms with Gasteiger partial charge in [-0.3, -0.25) is 4.79 Å². The molecule has 1 aromatic heterocycles. The Kier molecular flexibility index (Phi) is 3.73. The highest BCUT2D eigenvalue weighted by molar-refractivity contribution is 7.10. The minimum absolute atomic E-state index is 0.0813. The summed E-state index contributed by atoms with van der Waals surface area (Å²) in [4.78, 5) is 13.3. The van der Waals surface area contributed by atoms with Gasteiger partial charge in [0.25, 0.3) is 5.91 Å². The average Bonchev–Trinajstić information content (AvgIpc) is 2.66. The highest BCUT2D eigenvalue weighted by Crippen LogP contribution is 2.25. The first-order valence-corrected chi connectivity index (χ1v) is 6.87. The lowest BCUT2D eigenvalue weighted by Gasteiger charge is -2.09. The summed E-state index contributed by atoms with van der Waals surface area (Å²) in [5, 5.41) is 5.45. The van der Waals surface area contributed by atoms with E-state index in [4.69, 9.17) is 11.6 Å². The van der Waals surface area contributed by atoms with Gasteiger partial charge in [-0.2, -0.15) is 0 Å². The molecule has 0 spiro atoms. The maximum absolute atomic E-state index is 12.2. The molecule has 4 heteroatoms. The van der Waals surface area contributed by atoms with E-state index in [0.717, 1.165) is 22.4 Å². The lowest BCUT2D eigenvalue weighted by atomic mass is 10.1. The Labute approximate surface area is 116 Å². The van der Waals surface area contributed by atoms with E-state index in [0.29, 0.717) is 5.02 Å². The molecule has 0 aliphatic heterocycles. The molecule has 1 amide bonds. The fourth-order valence-electron chi connectivity index (χ4n) is 1.67. The van der Waals surface area contributed by atoms with E-state index in [-0.39, 0.29) is 5.91 Å². The molecule has 0 saturated heterocycles. The van der Waals surface area contributed by atoms with Crippen molar-refractivity contribution in [3.8, 4) is 0 Å². The molecule has 2 nitrogen and oxygen atoms in total. The maximum atomic E-state index is 12.2. The van der Waals surface area contributed by atoms with Gasteiger partial charge < -0.3 is 5.32 Å². The molecular formula is C14H14ClNOS. The Morgan fingerprint density at radius 2 is 1.94 bits per heavy atom. The Morgan fingerprint density at radius 1 is 1.22 bits per heavy atom. The third kappa shape index (κ3) is 2.42. The van der Waals surface area contributed by atoms with Crippen LogP contribution in [-0.2, 0) is 0 Å². The number of aryl methyl sites for hydroxylation is 1. The van der Waals surface area contributed by atoms with Gasteiger partial charge >= 0.3 is 0 Å². The predicted molar refractivity (Wildman–Crippen MR) is 77.9 cm³/mol. The normalized spacial score (nSPS) is 10.4. The van der Waals surface area contributed by atoms with Crippen molar-refractivity contribution in [3.05, 3.63) is 50.2 Å². The monoisotopic (exact) mass is 279 g/mol. The average molecular weight is 280 g/mol. The van der Waals surface area contributed by atoms with Crippen molar-refractivity contribution in [2.45, 2.75) is 20.8 Å². The summed E-state index contributed by atoms with van der Waals surface area (Å²) in [5.74, 6) is -0.0813. The molecule has 0 aliphatic rings. The zero-order valence-electron chi connectivity index (χ0n) is 10.5. The van der Waals surface area contributed by atoms with E-state index in [1.807, 2.05) is 44.4 Å². The van der Waals surface area contributed by atoms with Gasteiger partial charge in [0.15, 0.2) is 0 Å². The molecule has 0 fully saturated rings. The van der Waals surface area contributed by atoms with Crippen LogP contribution in [0.4, 0.5) is 5.69 Å². The van der Waals surface area contributed by atoms with Crippen molar-refractivity contribution in [2.75, 3.05) is 5.32 Å². The van der Waals surface area contributed by atoms with Gasteiger partial charge in [-0.15, -0.1) is 11.3 Å². The summed E-state index contributed by atoms with van der Waals surface area (Å²) < 4.78 is 0. The number of amides is 1. The summed E-state index contributed by atoms with van der Waals surface area (Å²) in [6, 6.07) is 5.50. The summed E-state index contributed by atoms with van der Waals surface area (Å²) in [7, 11) is 0. The number of rotatable bonds is 2. The molecule has 2 rings (SSSR count). The van der Waals surface area contributed by atoms with Crippen molar-refractivity contribution < 1.29 is 4.79 Å². The number of hydrogen-bond acceptors (Lipinski definition) is 2. The molecule has 0 radical (unpaired) electrons. The highest BCUT2D eigenvalue weighted by Gasteiger charge is 2.13. The smallest absolute Gasteiger partial charge is 0.256 e. The van der Waals surface area contributed by atoms with Gasteiger partial charge in [0, 0.05) is 21.0 Å². The van der Waals surface area contributed by atoms with Gasteiger partial charge in [-0.05, 0) is 44.0 Å². The fourth-order valence-corrected chi connectivity index (χ4v) is 2.71. The van der Waals surface area contributed by atoms with Gasteiger partial charge in [-0.25, -0.2) is 0 Å². The summed E-state index contributed by atoms with van der Waals surface area (Å²) in [6.45, 7) is 5.87. The Morgan fingerprint density at radius 3 is 2.56 bits per heavy atom. The Hall–Kier alpha value is -1.32. The fraction of sp³-hybridized carbons (Fsp3) is 0.214. The van der Waals surface area contributed by atoms with E-state index < -0.39 is 0 Å². The number of carbonyl (C=O) groups is 1. The lowest BCUT2D eigenvalue weighted by Crippen LogP contribution is -2.13. The van der Waals surface area contributed by atoms with Gasteiger partial charge in [0.1, 0.15) is 0 Å². The molecule has 18 heavy (non-hydrogen) atoms. The van der Waals surface area contributed by atoms with Crippen LogP contribution in [-0.4, -0.2) is 5.91 Å². The van der Waals surface area contributed by atoms with Crippen molar-refractivity contribution >= 4 is 34.5 Å². The predicted octanol–water partition coefficient (Wildman–Crippen LogP) is 4.58. The van der Waals surface area contributed by atoms with Crippen LogP contribution in [0.15, 0.2) is 23.6 Å². The molecule has 0 saturated carbocycles. The summed E-state index contributed by atoms with van der Waals surface area (Å²) >= 11 is 7.62. The van der Waals surface area contributed by atoms with Gasteiger partial charge in [0.2, 0.25) is 0 Å². The number of halogens is 1. The maximum Gasteiger partial charge on any atom is 0.256 e. The van der Waals surface area contributed by atoms with Crippen molar-refractivity contribution in [1.82, 2.24) is 0 Å². The number of benzene rings is 1. The molecule has 1 N–H and O–H groups in total. The summed E-state index contributed by atoms with van der Waals surface area (Å²) in [5.41, 5.74) is 3.42. The van der Waals surface area contributed by atoms with Crippen LogP contribution in [0.2, 0.25) is 5.02 Å². The largest absolute Gasteiger partial charge is 0.322 e. The van der Waals surface area contributed by atoms with Crippen molar-refractivity contribution in [3.63, 3.8) is 0 Å². The molecule has 0 bridgehead atoms. The van der Waals surface area contributed by atoms with E-state index >= 15 is 0 Å². The van der Waals surface area contributed by atoms with E-state index in [1.54, 1.807) is 11.3 Å². The number of hydrogen-bond donors (Lipinski definition) is 1. The van der Waals surface area contributed by atoms with E-state index in [2.05, 4.69) is 5.32 Å². The summed E-state index contributed by atoms with van der Waals surface area (Å²) in [6.07, 6.45) is 0. The third-order valence-corrected chi connectivity index (χ3v) is 4.47. The first kappa shape index (κ1) is 13.1. The highest BCUT2D eigenvalue weighted by atomic mass is 35.5. The Balaban J connectivity index is 2.27. The van der Waals surface area contributed by atoms with Crippen LogP contribution in [0, 0.1) is 20.8 Å². The second-order valence-corrected chi connectivity index (χ2v) is 5.69. The zero-order valence-corrected chi connectivity index (χ0v) is 12.1. The van der Waals surface area contributed by atoms with Crippen LogP contribution < -0.4 is 5.32 Å². The van der Waals surface area contributed by atoms with E-state index in [1.165, 1.54) is 4.88 Å². The first-order chi connectivity index (χ1) is 8.50. The number of nitrogens with one attached hydrogen (secondary N) is 1. The van der Waals surface area contributed by atoms with Crippen LogP contribution in [0.25, 0.3) is 0 Å². The zero-order chi connectivity index (χ0) is 13.3. The lowest BCUT2D eigenvalue weighted by molar-refractivity contribution is 0.102. The van der Waals surface area contributed by atoms with Crippen molar-refractivity contribution in [2.24, 2.45) is 0 Å². The number of anilines is 1. The minimum atomic E-state index is -0.0813. The van der Waals surface area contributed by atoms with Crippen molar-refractivity contribution in [1.29, 1.82) is 0 Å². The molecule has 1 heterocycles. The quantitative estimate of drug-likeness (QED) is 0.857. The molecular weight excluding hydrogens is 266 g/mol. The molecule has 1 aromatic carbocycles. The van der Waals surface area contributed by atoms with Gasteiger partial charge in [0.05, 0.1) is 5.56 Å². The van der Waals surface area contributed by atoms with E-state index in [9.17, 15) is 4.79 Å². The SMILES string of the molecule is Cc1scc(C(=O)Nc2cccc(Cl)c2C)c1C. The molecule has 0 atom stereocenters. The van der Waals surface area contributed by atoms with Crippen LogP contribution in [0.1, 0.15) is 26.4 Å². The van der Waals surface area contributed by atoms with Gasteiger partial charge in [-0.1, -0.05) is 17.7 Å². The standard InChI is InChI=1S/C14H14ClNOS/c1-8-10(3)18-7-11(8)14(17)16-13-6-4-5-12(15)9(13)2/h4-7H,1-3H3,(H,16,17). The third-order valence-electron chi connectivity index (χ3n) is 3.05. The topological polar surface area (TPSA) is 29.1 Å². The molecule has 2 aromatic rings. The first-order valence-electron chi connectivity index (χ1n) is 5.62. The van der Waals surface area contributed by atoms with Crippen LogP contribution in [0.5, 0.6) is 0 Å². The molecule has 0 unspecified atom stereocenters. The number of thiophene rings is 1. The number of carbonyl (C=O) groups excluding carboxylic acids is 1. The second-order valence-electron chi connectivity index (χ2n) is 4.20. The van der Waals surface area contributed by atoms with Crippen LogP contribution >= 0.6 is 22.9 Å². The van der Waals surface area contributed by atoms with Crippen LogP contribution in [0.3, 0.4) is 0 Å². The minimum Gasteiger partial charge on any atom is -0.322 e. The second kappa shape index (κ2) is 5.12. The molecule has 0 aliphatic carbocycles.